The lowest BCUT2D eigenvalue weighted by Crippen LogP contribution is -2.42. The van der Waals surface area contributed by atoms with Crippen LogP contribution in [0.4, 0.5) is 14.4 Å². The number of piperidine rings is 1. The Labute approximate surface area is 249 Å². The summed E-state index contributed by atoms with van der Waals surface area (Å²) in [7, 11) is 0. The molecule has 10 nitrogen and oxygen atoms in total. The summed E-state index contributed by atoms with van der Waals surface area (Å²) in [6, 6.07) is 16.3. The zero-order chi connectivity index (χ0) is 29.8. The highest BCUT2D eigenvalue weighted by atomic mass is 16.6. The predicted octanol–water partition coefficient (Wildman–Crippen LogP) is 7.04. The molecule has 0 spiro atoms. The van der Waals surface area contributed by atoms with Crippen molar-refractivity contribution in [2.45, 2.75) is 77.2 Å². The summed E-state index contributed by atoms with van der Waals surface area (Å²) in [6.45, 7) is 4.67. The summed E-state index contributed by atoms with van der Waals surface area (Å²) in [5.41, 5.74) is 0. The number of likely N-dealkylation sites (tertiary alicyclic amines) is 1. The molecule has 1 heterocycles. The molecule has 0 aromatic heterocycles. The van der Waals surface area contributed by atoms with Crippen molar-refractivity contribution in [1.82, 2.24) is 15.5 Å². The van der Waals surface area contributed by atoms with Crippen LogP contribution >= 0.6 is 0 Å². The van der Waals surface area contributed by atoms with Gasteiger partial charge in [0.15, 0.2) is 0 Å². The number of ether oxygens (including phenoxy) is 4. The number of alkyl carbamates (subject to hydrolysis) is 1. The molecule has 2 aromatic rings. The fraction of sp³-hybridized carbons (Fsp3) is 0.531. The maximum absolute atomic E-state index is 12.3. The zero-order valence-electron chi connectivity index (χ0n) is 24.7. The largest absolute Gasteiger partial charge is 0.457 e. The van der Waals surface area contributed by atoms with Gasteiger partial charge in [-0.3, -0.25) is 0 Å². The molecule has 0 atom stereocenters. The molecule has 2 aromatic carbocycles. The number of hydrogen-bond donors (Lipinski definition) is 2. The van der Waals surface area contributed by atoms with Gasteiger partial charge in [-0.15, -0.1) is 0 Å². The van der Waals surface area contributed by atoms with Crippen molar-refractivity contribution in [3.63, 3.8) is 0 Å². The molecule has 0 radical (unpaired) electrons. The molecule has 1 aliphatic heterocycles. The van der Waals surface area contributed by atoms with E-state index in [0.717, 1.165) is 50.7 Å². The van der Waals surface area contributed by atoms with Crippen LogP contribution in [-0.2, 0) is 9.47 Å². The van der Waals surface area contributed by atoms with Crippen molar-refractivity contribution in [3.05, 3.63) is 54.6 Å². The van der Waals surface area contributed by atoms with Gasteiger partial charge in [0.2, 0.25) is 0 Å². The van der Waals surface area contributed by atoms with Crippen LogP contribution in [0.1, 0.15) is 71.1 Å². The molecular formula is C32H45N3O7. The molecule has 1 aliphatic rings. The van der Waals surface area contributed by atoms with E-state index < -0.39 is 6.09 Å². The van der Waals surface area contributed by atoms with E-state index >= 15 is 0 Å². The van der Waals surface area contributed by atoms with Gasteiger partial charge in [-0.1, -0.05) is 50.8 Å². The van der Waals surface area contributed by atoms with Crippen LogP contribution in [0.5, 0.6) is 17.2 Å². The highest BCUT2D eigenvalue weighted by molar-refractivity contribution is 5.70. The highest BCUT2D eigenvalue weighted by Crippen LogP contribution is 2.23. The minimum atomic E-state index is -0.502. The van der Waals surface area contributed by atoms with Gasteiger partial charge in [0.25, 0.3) is 0 Å². The molecule has 0 unspecified atom stereocenters. The van der Waals surface area contributed by atoms with E-state index in [-0.39, 0.29) is 18.3 Å². The standard InChI is InChI=1S/C32H45N3O7/c1-2-3-4-10-21-33-31(37)42-29-19-23-35(24-20-29)32(38)39-25-12-6-5-11-22-34-30(36)41-28-17-15-27(16-18-28)40-26-13-8-7-9-14-26/h7-9,13-18,29H,2-6,10-12,19-25H2,1H3,(H,33,37)(H,34,36). The minimum Gasteiger partial charge on any atom is -0.457 e. The zero-order valence-corrected chi connectivity index (χ0v) is 24.7. The van der Waals surface area contributed by atoms with Gasteiger partial charge in [0.1, 0.15) is 23.4 Å². The quantitative estimate of drug-likeness (QED) is 0.204. The van der Waals surface area contributed by atoms with Gasteiger partial charge in [-0.25, -0.2) is 14.4 Å². The molecule has 10 heteroatoms. The monoisotopic (exact) mass is 583 g/mol. The van der Waals surface area contributed by atoms with Crippen molar-refractivity contribution in [3.8, 4) is 17.2 Å². The van der Waals surface area contributed by atoms with Crippen molar-refractivity contribution in [2.24, 2.45) is 0 Å². The van der Waals surface area contributed by atoms with E-state index in [1.807, 2.05) is 30.3 Å². The number of para-hydroxylation sites is 1. The Balaban J connectivity index is 1.15. The van der Waals surface area contributed by atoms with Crippen LogP contribution in [0.3, 0.4) is 0 Å². The van der Waals surface area contributed by atoms with E-state index in [1.165, 1.54) is 6.42 Å². The Morgan fingerprint density at radius 2 is 1.33 bits per heavy atom. The molecule has 1 fully saturated rings. The minimum absolute atomic E-state index is 0.171. The number of benzene rings is 2. The first-order valence-electron chi connectivity index (χ1n) is 15.2. The summed E-state index contributed by atoms with van der Waals surface area (Å²) < 4.78 is 21.9. The van der Waals surface area contributed by atoms with Crippen LogP contribution in [0.25, 0.3) is 0 Å². The Morgan fingerprint density at radius 1 is 0.738 bits per heavy atom. The third-order valence-corrected chi connectivity index (χ3v) is 6.85. The molecule has 3 rings (SSSR count). The Hall–Kier alpha value is -3.95. The smallest absolute Gasteiger partial charge is 0.412 e. The summed E-state index contributed by atoms with van der Waals surface area (Å²) in [6.07, 6.45) is 7.59. The maximum atomic E-state index is 12.3. The second-order valence-corrected chi connectivity index (χ2v) is 10.3. The first-order valence-corrected chi connectivity index (χ1v) is 15.2. The normalized spacial score (nSPS) is 13.2. The lowest BCUT2D eigenvalue weighted by Gasteiger charge is -2.31. The number of hydrogen-bond acceptors (Lipinski definition) is 7. The summed E-state index contributed by atoms with van der Waals surface area (Å²) in [4.78, 5) is 38.0. The van der Waals surface area contributed by atoms with E-state index in [9.17, 15) is 14.4 Å². The second kappa shape index (κ2) is 19.2. The van der Waals surface area contributed by atoms with Gasteiger partial charge >= 0.3 is 18.3 Å². The first-order chi connectivity index (χ1) is 20.5. The Kier molecular flexibility index (Phi) is 14.9. The molecule has 230 valence electrons. The summed E-state index contributed by atoms with van der Waals surface area (Å²) in [5.74, 6) is 1.83. The van der Waals surface area contributed by atoms with E-state index in [1.54, 1.807) is 29.2 Å². The van der Waals surface area contributed by atoms with E-state index in [2.05, 4.69) is 17.6 Å². The van der Waals surface area contributed by atoms with E-state index in [0.29, 0.717) is 57.1 Å². The van der Waals surface area contributed by atoms with Gasteiger partial charge in [0.05, 0.1) is 6.61 Å². The SMILES string of the molecule is CCCCCCNC(=O)OC1CCN(C(=O)OCCCCCCNC(=O)Oc2ccc(Oc3ccccc3)cc2)CC1. The van der Waals surface area contributed by atoms with Crippen LogP contribution in [0, 0.1) is 0 Å². The Bertz CT molecular complexity index is 1060. The molecule has 3 amide bonds. The third kappa shape index (κ3) is 13.1. The number of carbonyl (C=O) groups is 3. The van der Waals surface area contributed by atoms with Gasteiger partial charge in [-0.2, -0.15) is 0 Å². The van der Waals surface area contributed by atoms with Crippen LogP contribution < -0.4 is 20.1 Å². The van der Waals surface area contributed by atoms with Crippen molar-refractivity contribution in [2.75, 3.05) is 32.8 Å². The lowest BCUT2D eigenvalue weighted by atomic mass is 10.1. The van der Waals surface area contributed by atoms with Gasteiger partial charge < -0.3 is 34.5 Å². The third-order valence-electron chi connectivity index (χ3n) is 6.85. The number of nitrogens with zero attached hydrogens (tertiary/aromatic N) is 1. The van der Waals surface area contributed by atoms with E-state index in [4.69, 9.17) is 18.9 Å². The van der Waals surface area contributed by atoms with Crippen LogP contribution in [-0.4, -0.2) is 62.1 Å². The fourth-order valence-electron chi connectivity index (χ4n) is 4.46. The lowest BCUT2D eigenvalue weighted by molar-refractivity contribution is 0.0417. The van der Waals surface area contributed by atoms with Crippen molar-refractivity contribution >= 4 is 18.3 Å². The number of amides is 3. The molecule has 0 saturated carbocycles. The predicted molar refractivity (Wildman–Crippen MR) is 160 cm³/mol. The average molecular weight is 584 g/mol. The maximum Gasteiger partial charge on any atom is 0.412 e. The van der Waals surface area contributed by atoms with Crippen LogP contribution in [0.15, 0.2) is 54.6 Å². The fourth-order valence-corrected chi connectivity index (χ4v) is 4.46. The second-order valence-electron chi connectivity index (χ2n) is 10.3. The molecule has 42 heavy (non-hydrogen) atoms. The molecule has 2 N–H and O–H groups in total. The van der Waals surface area contributed by atoms with Crippen molar-refractivity contribution < 1.29 is 33.3 Å². The molecule has 0 aliphatic carbocycles. The van der Waals surface area contributed by atoms with Gasteiger partial charge in [0, 0.05) is 39.0 Å². The molecule has 0 bridgehead atoms. The Morgan fingerprint density at radius 3 is 2.02 bits per heavy atom. The number of carbonyl (C=O) groups excluding carboxylic acids is 3. The number of nitrogens with one attached hydrogen (secondary N) is 2. The topological polar surface area (TPSA) is 115 Å². The van der Waals surface area contributed by atoms with Gasteiger partial charge in [-0.05, 0) is 62.1 Å². The average Bonchev–Trinajstić information content (AvgIpc) is 3.00. The highest BCUT2D eigenvalue weighted by Gasteiger charge is 2.26. The van der Waals surface area contributed by atoms with Crippen LogP contribution in [0.2, 0.25) is 0 Å². The summed E-state index contributed by atoms with van der Waals surface area (Å²) >= 11 is 0. The molecule has 1 saturated heterocycles. The first kappa shape index (κ1) is 32.6. The van der Waals surface area contributed by atoms with Crippen molar-refractivity contribution in [1.29, 1.82) is 0 Å². The summed E-state index contributed by atoms with van der Waals surface area (Å²) in [5, 5.41) is 5.55. The molecular weight excluding hydrogens is 538 g/mol. The number of unbranched alkanes of at least 4 members (excludes halogenated alkanes) is 6. The number of rotatable bonds is 16.